The normalized spacial score (nSPS) is 22.4. The summed E-state index contributed by atoms with van der Waals surface area (Å²) in [6, 6.07) is 0. The fraction of sp³-hybridized carbons (Fsp3) is 0.625. The number of allylic oxidation sites excluding steroid dienone is 1. The van der Waals surface area contributed by atoms with Crippen molar-refractivity contribution in [1.29, 1.82) is 0 Å². The van der Waals surface area contributed by atoms with Crippen LogP contribution >= 0.6 is 12.4 Å². The van der Waals surface area contributed by atoms with Crippen LogP contribution < -0.4 is 5.73 Å². The van der Waals surface area contributed by atoms with Crippen molar-refractivity contribution >= 4 is 18.4 Å². The summed E-state index contributed by atoms with van der Waals surface area (Å²) in [5, 5.41) is 8.60. The Morgan fingerprint density at radius 3 is 2.75 bits per heavy atom. The van der Waals surface area contributed by atoms with Gasteiger partial charge in [-0.15, -0.1) is 12.4 Å². The monoisotopic (exact) mass is 191 g/mol. The van der Waals surface area contributed by atoms with E-state index < -0.39 is 5.97 Å². The van der Waals surface area contributed by atoms with E-state index in [1.54, 1.807) is 6.08 Å². The third-order valence-corrected chi connectivity index (χ3v) is 2.13. The van der Waals surface area contributed by atoms with Gasteiger partial charge in [0.1, 0.15) is 0 Å². The summed E-state index contributed by atoms with van der Waals surface area (Å²) >= 11 is 0. The van der Waals surface area contributed by atoms with Crippen molar-refractivity contribution in [3.8, 4) is 0 Å². The molecule has 0 bridgehead atoms. The number of hydrogen-bond donors (Lipinski definition) is 2. The Balaban J connectivity index is 0.00000121. The van der Waals surface area contributed by atoms with Crippen LogP contribution in [-0.2, 0) is 4.79 Å². The average Bonchev–Trinajstić information content (AvgIpc) is 2.05. The minimum absolute atomic E-state index is 0. The lowest BCUT2D eigenvalue weighted by molar-refractivity contribution is -0.132. The number of nitrogens with two attached hydrogens (primary N) is 1. The number of halogens is 1. The molecule has 0 saturated carbocycles. The first-order valence-electron chi connectivity index (χ1n) is 3.86. The van der Waals surface area contributed by atoms with Crippen molar-refractivity contribution in [3.63, 3.8) is 0 Å². The summed E-state index contributed by atoms with van der Waals surface area (Å²) in [4.78, 5) is 10.4. The van der Waals surface area contributed by atoms with Crippen LogP contribution in [0.2, 0.25) is 0 Å². The highest BCUT2D eigenvalue weighted by Crippen LogP contribution is 2.22. The van der Waals surface area contributed by atoms with E-state index in [0.29, 0.717) is 24.5 Å². The van der Waals surface area contributed by atoms with Crippen LogP contribution in [0, 0.1) is 5.92 Å². The summed E-state index contributed by atoms with van der Waals surface area (Å²) in [6.45, 7) is 0.670. The Labute approximate surface area is 78.0 Å². The van der Waals surface area contributed by atoms with Crippen LogP contribution in [-0.4, -0.2) is 17.6 Å². The van der Waals surface area contributed by atoms with Gasteiger partial charge in [-0.05, 0) is 31.7 Å². The molecule has 12 heavy (non-hydrogen) atoms. The van der Waals surface area contributed by atoms with Gasteiger partial charge in [-0.3, -0.25) is 0 Å². The number of hydrogen-bond acceptors (Lipinski definition) is 2. The van der Waals surface area contributed by atoms with Gasteiger partial charge in [-0.1, -0.05) is 6.08 Å². The fourth-order valence-electron chi connectivity index (χ4n) is 1.30. The second kappa shape index (κ2) is 5.17. The standard InChI is InChI=1S/C8H13NO2.ClH/c9-5-6-1-3-7(4-2-6)8(10)11;/h3,6H,1-2,4-5,9H2,(H,10,11);1H. The first kappa shape index (κ1) is 11.5. The molecular formula is C8H14ClNO2. The highest BCUT2D eigenvalue weighted by Gasteiger charge is 2.16. The minimum Gasteiger partial charge on any atom is -0.478 e. The maximum atomic E-state index is 10.4. The van der Waals surface area contributed by atoms with Gasteiger partial charge in [-0.25, -0.2) is 4.79 Å². The Morgan fingerprint density at radius 1 is 1.75 bits per heavy atom. The van der Waals surface area contributed by atoms with Crippen LogP contribution in [0.1, 0.15) is 19.3 Å². The van der Waals surface area contributed by atoms with E-state index in [-0.39, 0.29) is 12.4 Å². The molecule has 1 aliphatic rings. The molecule has 0 aromatic rings. The minimum atomic E-state index is -0.777. The van der Waals surface area contributed by atoms with Gasteiger partial charge in [0.05, 0.1) is 0 Å². The lowest BCUT2D eigenvalue weighted by Gasteiger charge is -2.17. The van der Waals surface area contributed by atoms with Crippen LogP contribution in [0.4, 0.5) is 0 Å². The molecule has 0 aliphatic heterocycles. The molecule has 3 nitrogen and oxygen atoms in total. The number of aliphatic carboxylic acids is 1. The molecular weight excluding hydrogens is 178 g/mol. The van der Waals surface area contributed by atoms with Crippen LogP contribution in [0.5, 0.6) is 0 Å². The van der Waals surface area contributed by atoms with Crippen molar-refractivity contribution in [3.05, 3.63) is 11.6 Å². The van der Waals surface area contributed by atoms with E-state index in [9.17, 15) is 4.79 Å². The van der Waals surface area contributed by atoms with Gasteiger partial charge in [0.15, 0.2) is 0 Å². The van der Waals surface area contributed by atoms with Gasteiger partial charge in [-0.2, -0.15) is 0 Å². The molecule has 0 radical (unpaired) electrons. The average molecular weight is 192 g/mol. The van der Waals surface area contributed by atoms with Crippen LogP contribution in [0.15, 0.2) is 11.6 Å². The summed E-state index contributed by atoms with van der Waals surface area (Å²) in [5.41, 5.74) is 6.00. The van der Waals surface area contributed by atoms with Gasteiger partial charge in [0.2, 0.25) is 0 Å². The summed E-state index contributed by atoms with van der Waals surface area (Å²) in [5.74, 6) is -0.279. The molecule has 0 saturated heterocycles. The number of rotatable bonds is 2. The van der Waals surface area contributed by atoms with Gasteiger partial charge in [0.25, 0.3) is 0 Å². The summed E-state index contributed by atoms with van der Waals surface area (Å²) in [6.07, 6.45) is 4.23. The molecule has 0 aromatic heterocycles. The highest BCUT2D eigenvalue weighted by atomic mass is 35.5. The van der Waals surface area contributed by atoms with Crippen LogP contribution in [0.3, 0.4) is 0 Å². The van der Waals surface area contributed by atoms with E-state index >= 15 is 0 Å². The number of carboxylic acids is 1. The van der Waals surface area contributed by atoms with E-state index in [1.165, 1.54) is 0 Å². The first-order chi connectivity index (χ1) is 5.24. The van der Waals surface area contributed by atoms with Gasteiger partial charge < -0.3 is 10.8 Å². The molecule has 1 atom stereocenters. The maximum Gasteiger partial charge on any atom is 0.331 e. The molecule has 0 spiro atoms. The molecule has 1 aliphatic carbocycles. The topological polar surface area (TPSA) is 63.3 Å². The Hall–Kier alpha value is -0.540. The van der Waals surface area contributed by atoms with Gasteiger partial charge >= 0.3 is 5.97 Å². The van der Waals surface area contributed by atoms with E-state index in [2.05, 4.69) is 0 Å². The zero-order valence-electron chi connectivity index (χ0n) is 6.82. The smallest absolute Gasteiger partial charge is 0.331 e. The lowest BCUT2D eigenvalue weighted by atomic mass is 9.90. The first-order valence-corrected chi connectivity index (χ1v) is 3.86. The molecule has 3 N–H and O–H groups in total. The molecule has 0 heterocycles. The maximum absolute atomic E-state index is 10.4. The molecule has 4 heteroatoms. The molecule has 0 fully saturated rings. The van der Waals surface area contributed by atoms with E-state index in [1.807, 2.05) is 0 Å². The zero-order valence-corrected chi connectivity index (χ0v) is 7.64. The largest absolute Gasteiger partial charge is 0.478 e. The molecule has 70 valence electrons. The Bertz CT molecular complexity index is 191. The van der Waals surface area contributed by atoms with Crippen molar-refractivity contribution in [1.82, 2.24) is 0 Å². The summed E-state index contributed by atoms with van der Waals surface area (Å²) in [7, 11) is 0. The van der Waals surface area contributed by atoms with E-state index in [0.717, 1.165) is 12.8 Å². The predicted octanol–water partition coefficient (Wildman–Crippen LogP) is 1.18. The van der Waals surface area contributed by atoms with Gasteiger partial charge in [0, 0.05) is 5.57 Å². The lowest BCUT2D eigenvalue weighted by Crippen LogP contribution is -2.18. The van der Waals surface area contributed by atoms with Crippen LogP contribution in [0.25, 0.3) is 0 Å². The van der Waals surface area contributed by atoms with E-state index in [4.69, 9.17) is 10.8 Å². The Morgan fingerprint density at radius 2 is 2.42 bits per heavy atom. The number of carbonyl (C=O) groups is 1. The molecule has 0 amide bonds. The second-order valence-electron chi connectivity index (χ2n) is 2.91. The van der Waals surface area contributed by atoms with Crippen molar-refractivity contribution in [2.24, 2.45) is 11.7 Å². The number of carboxylic acid groups (broad SMARTS) is 1. The van der Waals surface area contributed by atoms with Crippen molar-refractivity contribution in [2.75, 3.05) is 6.54 Å². The second-order valence-corrected chi connectivity index (χ2v) is 2.91. The Kier molecular flexibility index (Phi) is 4.93. The summed E-state index contributed by atoms with van der Waals surface area (Å²) < 4.78 is 0. The zero-order chi connectivity index (χ0) is 8.27. The molecule has 0 aromatic carbocycles. The van der Waals surface area contributed by atoms with Crippen molar-refractivity contribution in [2.45, 2.75) is 19.3 Å². The fourth-order valence-corrected chi connectivity index (χ4v) is 1.30. The highest BCUT2D eigenvalue weighted by molar-refractivity contribution is 5.86. The quantitative estimate of drug-likeness (QED) is 0.689. The molecule has 1 rings (SSSR count). The SMILES string of the molecule is Cl.NCC1CC=C(C(=O)O)CC1. The third kappa shape index (κ3) is 2.83. The third-order valence-electron chi connectivity index (χ3n) is 2.13. The molecule has 1 unspecified atom stereocenters. The van der Waals surface area contributed by atoms with Crippen molar-refractivity contribution < 1.29 is 9.90 Å². The predicted molar refractivity (Wildman–Crippen MR) is 49.4 cm³/mol.